The molecule has 0 aromatic heterocycles. The van der Waals surface area contributed by atoms with Crippen LogP contribution in [0.1, 0.15) is 59.3 Å². The maximum atomic E-state index is 14.1. The van der Waals surface area contributed by atoms with Crippen molar-refractivity contribution in [2.75, 3.05) is 13.2 Å². The average Bonchev–Trinajstić information content (AvgIpc) is 3.08. The summed E-state index contributed by atoms with van der Waals surface area (Å²) in [7, 11) is 0. The van der Waals surface area contributed by atoms with Gasteiger partial charge in [0, 0.05) is 5.56 Å². The summed E-state index contributed by atoms with van der Waals surface area (Å²) < 4.78 is 11.5. The van der Waals surface area contributed by atoms with Gasteiger partial charge in [-0.1, -0.05) is 120 Å². The second-order valence-corrected chi connectivity index (χ2v) is 11.3. The SMILES string of the molecule is CCOC(=O)C1=C(c2ccccc2)N=C2NC(c3ccccc3)=C(C(=O)OCC)C(c3ccc(C)cc3)N2C1c1ccc(C)cc1. The van der Waals surface area contributed by atoms with Crippen molar-refractivity contribution in [3.05, 3.63) is 154 Å². The third kappa shape index (κ3) is 5.84. The van der Waals surface area contributed by atoms with Crippen molar-refractivity contribution in [1.82, 2.24) is 10.2 Å². The molecular formula is C39H37N3O4. The van der Waals surface area contributed by atoms with Crippen LogP contribution < -0.4 is 5.32 Å². The number of rotatable bonds is 8. The van der Waals surface area contributed by atoms with Gasteiger partial charge in [0.25, 0.3) is 0 Å². The molecule has 4 aromatic carbocycles. The highest BCUT2D eigenvalue weighted by molar-refractivity contribution is 6.10. The molecule has 2 aliphatic heterocycles. The lowest BCUT2D eigenvalue weighted by Gasteiger charge is -2.47. The van der Waals surface area contributed by atoms with Crippen molar-refractivity contribution >= 4 is 29.3 Å². The monoisotopic (exact) mass is 611 g/mol. The first kappa shape index (κ1) is 30.6. The topological polar surface area (TPSA) is 80.2 Å². The van der Waals surface area contributed by atoms with Gasteiger partial charge in [-0.3, -0.25) is 0 Å². The van der Waals surface area contributed by atoms with E-state index < -0.39 is 24.0 Å². The van der Waals surface area contributed by atoms with Gasteiger partial charge < -0.3 is 19.7 Å². The Kier molecular flexibility index (Phi) is 8.83. The van der Waals surface area contributed by atoms with E-state index in [4.69, 9.17) is 14.5 Å². The van der Waals surface area contributed by atoms with E-state index in [1.165, 1.54) is 0 Å². The Labute approximate surface area is 269 Å². The van der Waals surface area contributed by atoms with Crippen molar-refractivity contribution in [1.29, 1.82) is 0 Å². The summed E-state index contributed by atoms with van der Waals surface area (Å²) in [6.45, 7) is 8.06. The molecule has 0 amide bonds. The van der Waals surface area contributed by atoms with Gasteiger partial charge >= 0.3 is 11.9 Å². The molecule has 1 N–H and O–H groups in total. The van der Waals surface area contributed by atoms with Crippen molar-refractivity contribution in [3.8, 4) is 0 Å². The molecule has 6 rings (SSSR count). The summed E-state index contributed by atoms with van der Waals surface area (Å²) in [5, 5.41) is 3.54. The van der Waals surface area contributed by atoms with Crippen LogP contribution in [0.25, 0.3) is 11.4 Å². The Morgan fingerprint density at radius 2 is 1.11 bits per heavy atom. The zero-order valence-electron chi connectivity index (χ0n) is 26.5. The molecule has 2 heterocycles. The number of guanidine groups is 1. The maximum absolute atomic E-state index is 14.1. The summed E-state index contributed by atoms with van der Waals surface area (Å²) in [5.74, 6) is -0.403. The third-order valence-electron chi connectivity index (χ3n) is 8.21. The highest BCUT2D eigenvalue weighted by atomic mass is 16.5. The number of benzene rings is 4. The molecule has 232 valence electrons. The van der Waals surface area contributed by atoms with Gasteiger partial charge in [-0.25, -0.2) is 14.6 Å². The van der Waals surface area contributed by atoms with Gasteiger partial charge in [-0.2, -0.15) is 0 Å². The van der Waals surface area contributed by atoms with Crippen LogP contribution in [-0.2, 0) is 19.1 Å². The van der Waals surface area contributed by atoms with Gasteiger partial charge in [0.15, 0.2) is 0 Å². The van der Waals surface area contributed by atoms with Gasteiger partial charge in [0.2, 0.25) is 5.96 Å². The lowest BCUT2D eigenvalue weighted by molar-refractivity contribution is -0.139. The van der Waals surface area contributed by atoms with E-state index in [0.29, 0.717) is 28.5 Å². The quantitative estimate of drug-likeness (QED) is 0.211. The molecular weight excluding hydrogens is 574 g/mol. The smallest absolute Gasteiger partial charge is 0.338 e. The summed E-state index contributed by atoms with van der Waals surface area (Å²) in [6.07, 6.45) is 0. The number of fused-ring (bicyclic) bond motifs is 1. The molecule has 2 atom stereocenters. The predicted molar refractivity (Wildman–Crippen MR) is 180 cm³/mol. The molecule has 0 fully saturated rings. The molecule has 46 heavy (non-hydrogen) atoms. The Bertz CT molecular complexity index is 1830. The fourth-order valence-corrected chi connectivity index (χ4v) is 6.07. The maximum Gasteiger partial charge on any atom is 0.338 e. The van der Waals surface area contributed by atoms with Crippen LogP contribution in [0.5, 0.6) is 0 Å². The molecule has 4 aromatic rings. The van der Waals surface area contributed by atoms with E-state index in [9.17, 15) is 9.59 Å². The van der Waals surface area contributed by atoms with Crippen LogP contribution in [0.4, 0.5) is 0 Å². The Balaban J connectivity index is 1.71. The first-order valence-corrected chi connectivity index (χ1v) is 15.6. The number of nitrogens with one attached hydrogen (secondary N) is 1. The summed E-state index contributed by atoms with van der Waals surface area (Å²) in [6, 6.07) is 34.3. The van der Waals surface area contributed by atoms with Gasteiger partial charge in [0.1, 0.15) is 0 Å². The molecule has 0 spiro atoms. The van der Waals surface area contributed by atoms with Crippen LogP contribution in [-0.4, -0.2) is 36.0 Å². The minimum absolute atomic E-state index is 0.202. The third-order valence-corrected chi connectivity index (χ3v) is 8.21. The Morgan fingerprint density at radius 1 is 0.652 bits per heavy atom. The van der Waals surface area contributed by atoms with E-state index in [1.54, 1.807) is 13.8 Å². The fraction of sp³-hybridized carbons (Fsp3) is 0.205. The molecule has 0 saturated heterocycles. The minimum Gasteiger partial charge on any atom is -0.463 e. The van der Waals surface area contributed by atoms with Crippen molar-refractivity contribution in [2.45, 2.75) is 39.8 Å². The molecule has 2 aliphatic rings. The average molecular weight is 612 g/mol. The lowest BCUT2D eigenvalue weighted by atomic mass is 9.84. The first-order chi connectivity index (χ1) is 22.4. The van der Waals surface area contributed by atoms with Gasteiger partial charge in [0.05, 0.1) is 47.8 Å². The van der Waals surface area contributed by atoms with Crippen LogP contribution in [0, 0.1) is 13.8 Å². The number of hydrogen-bond acceptors (Lipinski definition) is 7. The number of hydrogen-bond donors (Lipinski definition) is 1. The van der Waals surface area contributed by atoms with Crippen LogP contribution in [0.15, 0.2) is 125 Å². The molecule has 7 nitrogen and oxygen atoms in total. The number of carbonyl (C=O) groups excluding carboxylic acids is 2. The zero-order chi connectivity index (χ0) is 32.2. The Morgan fingerprint density at radius 3 is 1.61 bits per heavy atom. The minimum atomic E-state index is -0.664. The van der Waals surface area contributed by atoms with Gasteiger partial charge in [-0.15, -0.1) is 0 Å². The second-order valence-electron chi connectivity index (χ2n) is 11.3. The molecule has 0 saturated carbocycles. The number of esters is 2. The van der Waals surface area contributed by atoms with Crippen LogP contribution in [0.2, 0.25) is 0 Å². The van der Waals surface area contributed by atoms with Crippen LogP contribution >= 0.6 is 0 Å². The zero-order valence-corrected chi connectivity index (χ0v) is 26.5. The standard InChI is InChI=1S/C39H37N3O4/c1-5-45-37(43)31-33(27-13-9-7-10-14-27)40-39-41-34(28-15-11-8-12-16-28)32(38(44)46-6-2)36(30-23-19-26(4)20-24-30)42(39)35(31)29-21-17-25(3)18-22-29/h7-24,35-36H,5-6H2,1-4H3,(H,40,41). The highest BCUT2D eigenvalue weighted by Crippen LogP contribution is 2.48. The van der Waals surface area contributed by atoms with Crippen molar-refractivity contribution in [2.24, 2.45) is 4.99 Å². The molecule has 2 unspecified atom stereocenters. The molecule has 0 bridgehead atoms. The van der Waals surface area contributed by atoms with E-state index in [-0.39, 0.29) is 13.2 Å². The summed E-state index contributed by atoms with van der Waals surface area (Å²) in [4.78, 5) is 35.4. The normalized spacial score (nSPS) is 17.6. The number of nitrogens with zero attached hydrogens (tertiary/aromatic N) is 2. The molecule has 0 aliphatic carbocycles. The van der Waals surface area contributed by atoms with Crippen LogP contribution in [0.3, 0.4) is 0 Å². The number of carbonyl (C=O) groups is 2. The second kappa shape index (κ2) is 13.3. The summed E-state index contributed by atoms with van der Waals surface area (Å²) >= 11 is 0. The van der Waals surface area contributed by atoms with E-state index in [0.717, 1.165) is 33.4 Å². The number of aryl methyl sites for hydroxylation is 2. The van der Waals surface area contributed by atoms with Gasteiger partial charge in [-0.05, 0) is 44.4 Å². The molecule has 0 radical (unpaired) electrons. The summed E-state index contributed by atoms with van der Waals surface area (Å²) in [5.41, 5.74) is 7.44. The predicted octanol–water partition coefficient (Wildman–Crippen LogP) is 7.31. The first-order valence-electron chi connectivity index (χ1n) is 15.6. The Hall–Kier alpha value is -5.43. The largest absolute Gasteiger partial charge is 0.463 e. The number of aliphatic imine (C=N–C) groups is 1. The van der Waals surface area contributed by atoms with Crippen molar-refractivity contribution < 1.29 is 19.1 Å². The number of ether oxygens (including phenoxy) is 2. The van der Waals surface area contributed by atoms with Crippen molar-refractivity contribution in [3.63, 3.8) is 0 Å². The molecule has 7 heteroatoms. The van der Waals surface area contributed by atoms with E-state index >= 15 is 0 Å². The highest BCUT2D eigenvalue weighted by Gasteiger charge is 2.48. The fourth-order valence-electron chi connectivity index (χ4n) is 6.07. The lowest BCUT2D eigenvalue weighted by Crippen LogP contribution is -2.53. The van der Waals surface area contributed by atoms with E-state index in [1.807, 2.05) is 128 Å². The van der Waals surface area contributed by atoms with E-state index in [2.05, 4.69) is 5.32 Å².